The van der Waals surface area contributed by atoms with E-state index in [-0.39, 0.29) is 23.1 Å². The average Bonchev–Trinajstić information content (AvgIpc) is 3.42. The van der Waals surface area contributed by atoms with Crippen LogP contribution in [0.4, 0.5) is 5.13 Å². The number of aryl methyl sites for hydroxylation is 2. The maximum Gasteiger partial charge on any atom is 0.257 e. The zero-order chi connectivity index (χ0) is 31.3. The molecule has 2 aromatic carbocycles. The highest BCUT2D eigenvalue weighted by atomic mass is 32.2. The van der Waals surface area contributed by atoms with E-state index in [1.807, 2.05) is 43.3 Å². The van der Waals surface area contributed by atoms with Gasteiger partial charge in [0.25, 0.3) is 11.8 Å². The van der Waals surface area contributed by atoms with Gasteiger partial charge in [0.2, 0.25) is 5.91 Å². The molecule has 1 N–H and O–H groups in total. The summed E-state index contributed by atoms with van der Waals surface area (Å²) in [5, 5.41) is 3.43. The predicted octanol–water partition coefficient (Wildman–Crippen LogP) is 6.78. The number of amides is 3. The molecular weight excluding hydrogens is 581 g/mol. The van der Waals surface area contributed by atoms with Crippen molar-refractivity contribution in [3.8, 4) is 5.75 Å². The summed E-state index contributed by atoms with van der Waals surface area (Å²) in [6.45, 7) is 14.6. The van der Waals surface area contributed by atoms with Gasteiger partial charge in [0.15, 0.2) is 5.13 Å². The smallest absolute Gasteiger partial charge is 0.257 e. The van der Waals surface area contributed by atoms with Crippen molar-refractivity contribution in [1.82, 2.24) is 14.8 Å². The summed E-state index contributed by atoms with van der Waals surface area (Å²) in [7, 11) is 1.56. The summed E-state index contributed by atoms with van der Waals surface area (Å²) in [5.41, 5.74) is 3.56. The van der Waals surface area contributed by atoms with Crippen LogP contribution in [-0.2, 0) is 11.2 Å². The minimum atomic E-state index is -0.195. The van der Waals surface area contributed by atoms with Crippen LogP contribution in [0.1, 0.15) is 72.9 Å². The van der Waals surface area contributed by atoms with Crippen LogP contribution in [0.2, 0.25) is 0 Å². The standard InChI is InChI=1S/C33H42N4O4S2/c1-21-18-27(41-7)26(31(40)37-16-14-36(15-17-37)23(3)38)19-28(21)42-29-20-34-32(43-29)35-30(39)25-12-10-24(11-13-25)9-8-22(2)33(4,5)6/h10-13,18-20,22H,8-9,14-17H2,1-7H3,(H,34,35,39). The number of anilines is 1. The molecule has 0 saturated carbocycles. The molecule has 3 aromatic rings. The maximum atomic E-state index is 13.4. The molecule has 1 saturated heterocycles. The van der Waals surface area contributed by atoms with Crippen LogP contribution in [-0.4, -0.2) is 65.8 Å². The summed E-state index contributed by atoms with van der Waals surface area (Å²) in [6.07, 6.45) is 3.83. The van der Waals surface area contributed by atoms with Gasteiger partial charge in [0.1, 0.15) is 5.75 Å². The van der Waals surface area contributed by atoms with Gasteiger partial charge in [0.05, 0.1) is 23.1 Å². The number of ether oxygens (including phenoxy) is 1. The molecule has 0 radical (unpaired) electrons. The fraction of sp³-hybridized carbons (Fsp3) is 0.455. The zero-order valence-electron chi connectivity index (χ0n) is 26.2. The van der Waals surface area contributed by atoms with Crippen molar-refractivity contribution < 1.29 is 19.1 Å². The van der Waals surface area contributed by atoms with E-state index in [9.17, 15) is 14.4 Å². The first-order valence-electron chi connectivity index (χ1n) is 14.6. The molecule has 8 nitrogen and oxygen atoms in total. The molecule has 0 aliphatic carbocycles. The van der Waals surface area contributed by atoms with Gasteiger partial charge in [-0.2, -0.15) is 0 Å². The Morgan fingerprint density at radius 3 is 2.33 bits per heavy atom. The Kier molecular flexibility index (Phi) is 10.6. The predicted molar refractivity (Wildman–Crippen MR) is 173 cm³/mol. The van der Waals surface area contributed by atoms with Crippen LogP contribution < -0.4 is 10.1 Å². The molecule has 4 rings (SSSR count). The Labute approximate surface area is 263 Å². The average molecular weight is 623 g/mol. The number of benzene rings is 2. The van der Waals surface area contributed by atoms with Gasteiger partial charge in [-0.3, -0.25) is 19.7 Å². The van der Waals surface area contributed by atoms with Gasteiger partial charge in [0, 0.05) is 43.6 Å². The number of hydrogen-bond donors (Lipinski definition) is 1. The van der Waals surface area contributed by atoms with Gasteiger partial charge in [-0.25, -0.2) is 4.98 Å². The molecule has 0 spiro atoms. The second-order valence-corrected chi connectivity index (χ2v) is 14.5. The number of nitrogens with one attached hydrogen (secondary N) is 1. The number of hydrogen-bond acceptors (Lipinski definition) is 7. The molecule has 1 aliphatic rings. The minimum Gasteiger partial charge on any atom is -0.496 e. The van der Waals surface area contributed by atoms with Crippen LogP contribution in [0.5, 0.6) is 5.75 Å². The molecule has 3 amide bonds. The van der Waals surface area contributed by atoms with E-state index in [0.717, 1.165) is 27.5 Å². The Hall–Kier alpha value is -3.37. The third kappa shape index (κ3) is 8.38. The third-order valence-corrected chi connectivity index (χ3v) is 10.4. The fourth-order valence-corrected chi connectivity index (χ4v) is 6.72. The van der Waals surface area contributed by atoms with E-state index < -0.39 is 0 Å². The molecule has 2 heterocycles. The highest BCUT2D eigenvalue weighted by Gasteiger charge is 2.26. The lowest BCUT2D eigenvalue weighted by Gasteiger charge is -2.34. The number of rotatable bonds is 9. The number of aromatic nitrogens is 1. The number of methoxy groups -OCH3 is 1. The van der Waals surface area contributed by atoms with Crippen LogP contribution in [0.15, 0.2) is 51.7 Å². The topological polar surface area (TPSA) is 91.8 Å². The normalized spacial score (nSPS) is 14.4. The first-order chi connectivity index (χ1) is 20.3. The molecular formula is C33H42N4O4S2. The van der Waals surface area contributed by atoms with Crippen molar-refractivity contribution in [2.45, 2.75) is 63.5 Å². The number of carbonyl (C=O) groups excluding carboxylic acids is 3. The fourth-order valence-electron chi connectivity index (χ4n) is 4.78. The summed E-state index contributed by atoms with van der Waals surface area (Å²) >= 11 is 2.88. The van der Waals surface area contributed by atoms with Crippen LogP contribution in [0.3, 0.4) is 0 Å². The van der Waals surface area contributed by atoms with Gasteiger partial charge in [-0.1, -0.05) is 62.9 Å². The third-order valence-electron chi connectivity index (χ3n) is 8.22. The highest BCUT2D eigenvalue weighted by Crippen LogP contribution is 2.38. The number of thiazole rings is 1. The molecule has 1 atom stereocenters. The Bertz CT molecular complexity index is 1450. The minimum absolute atomic E-state index is 0.0217. The van der Waals surface area contributed by atoms with Crippen molar-refractivity contribution >= 4 is 46.0 Å². The first kappa shape index (κ1) is 32.5. The van der Waals surface area contributed by atoms with Crippen molar-refractivity contribution in [1.29, 1.82) is 0 Å². The van der Waals surface area contributed by atoms with Gasteiger partial charge < -0.3 is 14.5 Å². The van der Waals surface area contributed by atoms with Gasteiger partial charge in [-0.15, -0.1) is 0 Å². The largest absolute Gasteiger partial charge is 0.496 e. The summed E-state index contributed by atoms with van der Waals surface area (Å²) in [4.78, 5) is 46.9. The van der Waals surface area contributed by atoms with Crippen LogP contribution in [0, 0.1) is 18.3 Å². The molecule has 1 fully saturated rings. The van der Waals surface area contributed by atoms with E-state index in [2.05, 4.69) is 38.0 Å². The van der Waals surface area contributed by atoms with Crippen molar-refractivity contribution in [2.24, 2.45) is 11.3 Å². The van der Waals surface area contributed by atoms with E-state index in [4.69, 9.17) is 4.74 Å². The Balaban J connectivity index is 1.39. The molecule has 0 bridgehead atoms. The molecule has 10 heteroatoms. The summed E-state index contributed by atoms with van der Waals surface area (Å²) < 4.78 is 6.45. The second kappa shape index (κ2) is 13.9. The Morgan fingerprint density at radius 1 is 1.07 bits per heavy atom. The van der Waals surface area contributed by atoms with Gasteiger partial charge >= 0.3 is 0 Å². The molecule has 1 aliphatic heterocycles. The van der Waals surface area contributed by atoms with Crippen molar-refractivity contribution in [2.75, 3.05) is 38.6 Å². The quantitative estimate of drug-likeness (QED) is 0.283. The first-order valence-corrected chi connectivity index (χ1v) is 16.3. The van der Waals surface area contributed by atoms with E-state index >= 15 is 0 Å². The highest BCUT2D eigenvalue weighted by molar-refractivity contribution is 8.01. The number of nitrogens with zero attached hydrogens (tertiary/aromatic N) is 3. The molecule has 1 aromatic heterocycles. The summed E-state index contributed by atoms with van der Waals surface area (Å²) in [5.74, 6) is 0.838. The molecule has 230 valence electrons. The van der Waals surface area contributed by atoms with Crippen molar-refractivity contribution in [3.05, 3.63) is 64.8 Å². The lowest BCUT2D eigenvalue weighted by molar-refractivity contribution is -0.130. The Morgan fingerprint density at radius 2 is 1.72 bits per heavy atom. The van der Waals surface area contributed by atoms with Crippen LogP contribution >= 0.6 is 23.1 Å². The number of carbonyl (C=O) groups is 3. The lowest BCUT2D eigenvalue weighted by Crippen LogP contribution is -2.50. The SMILES string of the molecule is COc1cc(C)c(Sc2cnc(NC(=O)c3ccc(CCC(C)C(C)(C)C)cc3)s2)cc1C(=O)N1CCN(C(C)=O)CC1. The van der Waals surface area contributed by atoms with Crippen LogP contribution in [0.25, 0.3) is 0 Å². The summed E-state index contributed by atoms with van der Waals surface area (Å²) in [6, 6.07) is 11.5. The zero-order valence-corrected chi connectivity index (χ0v) is 27.8. The van der Waals surface area contributed by atoms with E-state index in [1.165, 1.54) is 28.7 Å². The van der Waals surface area contributed by atoms with E-state index in [1.54, 1.807) is 30.0 Å². The van der Waals surface area contributed by atoms with Gasteiger partial charge in [-0.05, 0) is 66.5 Å². The number of piperazine rings is 1. The monoisotopic (exact) mass is 622 g/mol. The molecule has 1 unspecified atom stereocenters. The van der Waals surface area contributed by atoms with Crippen molar-refractivity contribution in [3.63, 3.8) is 0 Å². The van der Waals surface area contributed by atoms with E-state index in [0.29, 0.717) is 54.1 Å². The molecule has 43 heavy (non-hydrogen) atoms. The maximum absolute atomic E-state index is 13.4. The second-order valence-electron chi connectivity index (χ2n) is 12.2. The lowest BCUT2D eigenvalue weighted by atomic mass is 9.79.